The highest BCUT2D eigenvalue weighted by molar-refractivity contribution is 9.10. The minimum Gasteiger partial charge on any atom is -0.277 e. The van der Waals surface area contributed by atoms with Crippen LogP contribution >= 0.6 is 27.5 Å². The minimum absolute atomic E-state index is 0.214. The summed E-state index contributed by atoms with van der Waals surface area (Å²) < 4.78 is 40.4. The lowest BCUT2D eigenvalue weighted by Crippen LogP contribution is -2.16. The van der Waals surface area contributed by atoms with Crippen LogP contribution in [0.25, 0.3) is 0 Å². The molecule has 0 aliphatic carbocycles. The van der Waals surface area contributed by atoms with E-state index in [1.54, 1.807) is 13.0 Å². The third-order valence-electron chi connectivity index (χ3n) is 2.47. The highest BCUT2D eigenvalue weighted by Gasteiger charge is 2.21. The zero-order valence-corrected chi connectivity index (χ0v) is 13.4. The molecule has 0 unspecified atom stereocenters. The van der Waals surface area contributed by atoms with Gasteiger partial charge in [0.05, 0.1) is 5.69 Å². The van der Waals surface area contributed by atoms with Crippen molar-refractivity contribution in [2.45, 2.75) is 11.9 Å². The van der Waals surface area contributed by atoms with Crippen LogP contribution in [0.2, 0.25) is 5.02 Å². The zero-order chi connectivity index (χ0) is 14.9. The van der Waals surface area contributed by atoms with Crippen LogP contribution in [-0.2, 0) is 10.0 Å². The molecule has 20 heavy (non-hydrogen) atoms. The summed E-state index contributed by atoms with van der Waals surface area (Å²) in [5, 5.41) is -0.268. The number of hydrogen-bond donors (Lipinski definition) is 1. The lowest BCUT2D eigenvalue weighted by atomic mass is 10.2. The van der Waals surface area contributed by atoms with Gasteiger partial charge in [-0.3, -0.25) is 4.72 Å². The molecular formula is C12H9BrClFN2O2S. The smallest absolute Gasteiger partial charge is 0.277 e. The number of benzene rings is 1. The Bertz CT molecular complexity index is 768. The Morgan fingerprint density at radius 1 is 1.40 bits per heavy atom. The quantitative estimate of drug-likeness (QED) is 0.883. The fourth-order valence-corrected chi connectivity index (χ4v) is 3.42. The SMILES string of the molecule is Cc1cc(Br)c(NS(=O)(=O)c2ncccc2F)cc1Cl. The Labute approximate surface area is 129 Å². The van der Waals surface area contributed by atoms with E-state index in [-0.39, 0.29) is 5.69 Å². The van der Waals surface area contributed by atoms with Crippen molar-refractivity contribution in [1.82, 2.24) is 4.98 Å². The van der Waals surface area contributed by atoms with Crippen molar-refractivity contribution < 1.29 is 12.8 Å². The second kappa shape index (κ2) is 5.67. The van der Waals surface area contributed by atoms with Gasteiger partial charge >= 0.3 is 0 Å². The van der Waals surface area contributed by atoms with Gasteiger partial charge < -0.3 is 0 Å². The van der Waals surface area contributed by atoms with E-state index in [0.29, 0.717) is 9.50 Å². The normalized spacial score (nSPS) is 11.4. The summed E-state index contributed by atoms with van der Waals surface area (Å²) in [5.41, 5.74) is 0.996. The van der Waals surface area contributed by atoms with E-state index in [2.05, 4.69) is 25.6 Å². The molecule has 0 aliphatic rings. The van der Waals surface area contributed by atoms with E-state index < -0.39 is 20.9 Å². The van der Waals surface area contributed by atoms with Crippen LogP contribution in [-0.4, -0.2) is 13.4 Å². The lowest BCUT2D eigenvalue weighted by molar-refractivity contribution is 0.557. The summed E-state index contributed by atoms with van der Waals surface area (Å²) >= 11 is 9.17. The molecule has 4 nitrogen and oxygen atoms in total. The first-order valence-electron chi connectivity index (χ1n) is 5.40. The number of nitrogens with zero attached hydrogens (tertiary/aromatic N) is 1. The maximum Gasteiger partial charge on any atom is 0.282 e. The Morgan fingerprint density at radius 2 is 2.10 bits per heavy atom. The van der Waals surface area contributed by atoms with Crippen molar-refractivity contribution in [2.24, 2.45) is 0 Å². The molecule has 1 aromatic carbocycles. The van der Waals surface area contributed by atoms with E-state index in [0.717, 1.165) is 11.6 Å². The molecule has 0 amide bonds. The average Bonchev–Trinajstić information content (AvgIpc) is 2.36. The number of halogens is 3. The molecule has 0 radical (unpaired) electrons. The summed E-state index contributed by atoms with van der Waals surface area (Å²) in [6.07, 6.45) is 1.20. The first-order chi connectivity index (χ1) is 9.31. The van der Waals surface area contributed by atoms with Crippen molar-refractivity contribution in [3.05, 3.63) is 51.3 Å². The third-order valence-corrected chi connectivity index (χ3v) is 4.83. The number of hydrogen-bond acceptors (Lipinski definition) is 3. The molecule has 0 saturated heterocycles. The fourth-order valence-electron chi connectivity index (χ4n) is 1.49. The number of sulfonamides is 1. The number of pyridine rings is 1. The molecule has 2 aromatic rings. The molecule has 106 valence electrons. The Balaban J connectivity index is 2.44. The summed E-state index contributed by atoms with van der Waals surface area (Å²) in [6.45, 7) is 1.78. The van der Waals surface area contributed by atoms with Crippen molar-refractivity contribution in [3.8, 4) is 0 Å². The van der Waals surface area contributed by atoms with E-state index in [9.17, 15) is 12.8 Å². The van der Waals surface area contributed by atoms with E-state index in [1.807, 2.05) is 0 Å². The van der Waals surface area contributed by atoms with Crippen LogP contribution in [0.4, 0.5) is 10.1 Å². The molecule has 0 spiro atoms. The van der Waals surface area contributed by atoms with Crippen molar-refractivity contribution in [1.29, 1.82) is 0 Å². The number of aryl methyl sites for hydroxylation is 1. The summed E-state index contributed by atoms with van der Waals surface area (Å²) in [4.78, 5) is 3.54. The van der Waals surface area contributed by atoms with Gasteiger partial charge in [-0.05, 0) is 52.7 Å². The van der Waals surface area contributed by atoms with Crippen LogP contribution in [0, 0.1) is 12.7 Å². The van der Waals surface area contributed by atoms with Gasteiger partial charge in [0, 0.05) is 15.7 Å². The van der Waals surface area contributed by atoms with E-state index in [4.69, 9.17) is 11.6 Å². The Kier molecular flexibility index (Phi) is 4.31. The molecule has 2 rings (SSSR count). The first-order valence-corrected chi connectivity index (χ1v) is 8.05. The second-order valence-corrected chi connectivity index (χ2v) is 6.84. The van der Waals surface area contributed by atoms with Crippen LogP contribution in [0.5, 0.6) is 0 Å². The molecular weight excluding hydrogens is 371 g/mol. The number of rotatable bonds is 3. The second-order valence-electron chi connectivity index (χ2n) is 3.98. The van der Waals surface area contributed by atoms with Gasteiger partial charge in [0.2, 0.25) is 5.03 Å². The largest absolute Gasteiger partial charge is 0.282 e. The number of aromatic nitrogens is 1. The van der Waals surface area contributed by atoms with Crippen molar-refractivity contribution >= 4 is 43.2 Å². The first kappa shape index (κ1) is 15.2. The highest BCUT2D eigenvalue weighted by atomic mass is 79.9. The van der Waals surface area contributed by atoms with E-state index >= 15 is 0 Å². The minimum atomic E-state index is -4.12. The van der Waals surface area contributed by atoms with Gasteiger partial charge in [-0.1, -0.05) is 11.6 Å². The Morgan fingerprint density at radius 3 is 2.75 bits per heavy atom. The summed E-state index contributed by atoms with van der Waals surface area (Å²) in [6, 6.07) is 5.44. The molecule has 8 heteroatoms. The third kappa shape index (κ3) is 3.11. The van der Waals surface area contributed by atoms with Crippen LogP contribution in [0.15, 0.2) is 40.0 Å². The van der Waals surface area contributed by atoms with Gasteiger partial charge in [-0.15, -0.1) is 0 Å². The van der Waals surface area contributed by atoms with Crippen molar-refractivity contribution in [2.75, 3.05) is 4.72 Å². The molecule has 0 bridgehead atoms. The van der Waals surface area contributed by atoms with Crippen LogP contribution in [0.1, 0.15) is 5.56 Å². The molecule has 0 aliphatic heterocycles. The lowest BCUT2D eigenvalue weighted by Gasteiger charge is -2.11. The zero-order valence-electron chi connectivity index (χ0n) is 10.2. The van der Waals surface area contributed by atoms with E-state index in [1.165, 1.54) is 18.3 Å². The standard InChI is InChI=1S/C12H9BrClFN2O2S/c1-7-5-8(13)11(6-9(7)14)17-20(18,19)12-10(15)3-2-4-16-12/h2-6,17H,1H3. The van der Waals surface area contributed by atoms with Crippen LogP contribution in [0.3, 0.4) is 0 Å². The van der Waals surface area contributed by atoms with Gasteiger partial charge in [-0.2, -0.15) is 8.42 Å². The number of nitrogens with one attached hydrogen (secondary N) is 1. The molecule has 1 heterocycles. The summed E-state index contributed by atoms with van der Waals surface area (Å²) in [5.74, 6) is -0.922. The molecule has 0 saturated carbocycles. The number of anilines is 1. The summed E-state index contributed by atoms with van der Waals surface area (Å²) in [7, 11) is -4.12. The molecule has 1 N–H and O–H groups in total. The average molecular weight is 380 g/mol. The maximum absolute atomic E-state index is 13.5. The van der Waals surface area contributed by atoms with Gasteiger partial charge in [-0.25, -0.2) is 9.37 Å². The maximum atomic E-state index is 13.5. The molecule has 0 fully saturated rings. The topological polar surface area (TPSA) is 59.1 Å². The van der Waals surface area contributed by atoms with Gasteiger partial charge in [0.1, 0.15) is 0 Å². The molecule has 0 atom stereocenters. The molecule has 1 aromatic heterocycles. The predicted molar refractivity (Wildman–Crippen MR) is 78.9 cm³/mol. The van der Waals surface area contributed by atoms with Gasteiger partial charge in [0.25, 0.3) is 10.0 Å². The monoisotopic (exact) mass is 378 g/mol. The van der Waals surface area contributed by atoms with Crippen LogP contribution < -0.4 is 4.72 Å². The van der Waals surface area contributed by atoms with Crippen molar-refractivity contribution in [3.63, 3.8) is 0 Å². The highest BCUT2D eigenvalue weighted by Crippen LogP contribution is 2.30. The fraction of sp³-hybridized carbons (Fsp3) is 0.0833. The Hall–Kier alpha value is -1.18. The van der Waals surface area contributed by atoms with Gasteiger partial charge in [0.15, 0.2) is 5.82 Å². The predicted octanol–water partition coefficient (Wildman–Crippen LogP) is 3.75.